The molecular weight excluding hydrogens is 274 g/mol. The fourth-order valence-corrected chi connectivity index (χ4v) is 2.11. The van der Waals surface area contributed by atoms with Gasteiger partial charge in [-0.2, -0.15) is 11.8 Å². The first-order valence-electron chi connectivity index (χ1n) is 6.32. The maximum atomic E-state index is 10.9. The average molecular weight is 293 g/mol. The summed E-state index contributed by atoms with van der Waals surface area (Å²) in [6, 6.07) is 7.61. The predicted molar refractivity (Wildman–Crippen MR) is 81.8 cm³/mol. The van der Waals surface area contributed by atoms with Gasteiger partial charge in [-0.05, 0) is 18.2 Å². The number of hydrogen-bond acceptors (Lipinski definition) is 5. The summed E-state index contributed by atoms with van der Waals surface area (Å²) in [5, 5.41) is 0. The molecule has 0 fully saturated rings. The second kappa shape index (κ2) is 10.2. The van der Waals surface area contributed by atoms with Gasteiger partial charge in [0.2, 0.25) is 0 Å². The highest BCUT2D eigenvalue weighted by Gasteiger charge is 2.00. The number of carbonyl (C=O) groups excluding carboxylic acids is 1. The fourth-order valence-electron chi connectivity index (χ4n) is 1.39. The van der Waals surface area contributed by atoms with Crippen molar-refractivity contribution < 1.29 is 14.3 Å². The monoisotopic (exact) mass is 293 g/mol. The van der Waals surface area contributed by atoms with E-state index in [0.29, 0.717) is 19.6 Å². The van der Waals surface area contributed by atoms with Crippen LogP contribution >= 0.6 is 11.8 Å². The van der Waals surface area contributed by atoms with Crippen molar-refractivity contribution in [2.24, 2.45) is 5.73 Å². The van der Waals surface area contributed by atoms with E-state index in [1.165, 1.54) is 7.11 Å². The molecule has 1 aromatic rings. The molecule has 0 unspecified atom stereocenters. The van der Waals surface area contributed by atoms with E-state index in [2.05, 4.69) is 16.6 Å². The van der Waals surface area contributed by atoms with Crippen LogP contribution in [0.2, 0.25) is 0 Å². The molecule has 0 aliphatic rings. The van der Waals surface area contributed by atoms with Crippen molar-refractivity contribution in [2.45, 2.75) is 6.42 Å². The zero-order valence-corrected chi connectivity index (χ0v) is 12.4. The smallest absolute Gasteiger partial charge is 0.306 e. The quantitative estimate of drug-likeness (QED) is 0.471. The van der Waals surface area contributed by atoms with Crippen molar-refractivity contribution in [1.82, 2.24) is 0 Å². The maximum Gasteiger partial charge on any atom is 0.306 e. The number of benzene rings is 1. The molecule has 4 nitrogen and oxygen atoms in total. The Morgan fingerprint density at radius 1 is 1.40 bits per heavy atom. The van der Waals surface area contributed by atoms with Gasteiger partial charge in [0.15, 0.2) is 0 Å². The molecule has 0 bridgehead atoms. The van der Waals surface area contributed by atoms with E-state index in [1.807, 2.05) is 24.3 Å². The summed E-state index contributed by atoms with van der Waals surface area (Å²) >= 11 is 1.66. The number of rotatable bonds is 7. The van der Waals surface area contributed by atoms with Crippen LogP contribution in [0.4, 0.5) is 0 Å². The number of thioether (sulfide) groups is 1. The number of carbonyl (C=O) groups is 1. The van der Waals surface area contributed by atoms with Crippen LogP contribution in [0.15, 0.2) is 24.3 Å². The van der Waals surface area contributed by atoms with E-state index in [9.17, 15) is 4.79 Å². The van der Waals surface area contributed by atoms with Crippen LogP contribution < -0.4 is 10.5 Å². The van der Waals surface area contributed by atoms with Crippen LogP contribution in [-0.2, 0) is 9.53 Å². The largest absolute Gasteiger partial charge is 0.493 e. The molecule has 0 atom stereocenters. The van der Waals surface area contributed by atoms with E-state index >= 15 is 0 Å². The summed E-state index contributed by atoms with van der Waals surface area (Å²) in [4.78, 5) is 10.9. The van der Waals surface area contributed by atoms with Crippen LogP contribution in [0.5, 0.6) is 5.75 Å². The number of esters is 1. The van der Waals surface area contributed by atoms with E-state index in [4.69, 9.17) is 10.5 Å². The van der Waals surface area contributed by atoms with Gasteiger partial charge in [0.05, 0.1) is 26.7 Å². The first kappa shape index (κ1) is 16.4. The molecule has 2 N–H and O–H groups in total. The topological polar surface area (TPSA) is 61.5 Å². The Balaban J connectivity index is 2.23. The van der Waals surface area contributed by atoms with Crippen LogP contribution in [0, 0.1) is 11.8 Å². The van der Waals surface area contributed by atoms with Gasteiger partial charge in [0.1, 0.15) is 5.75 Å². The van der Waals surface area contributed by atoms with E-state index in [-0.39, 0.29) is 5.97 Å². The molecule has 108 valence electrons. The van der Waals surface area contributed by atoms with Gasteiger partial charge < -0.3 is 15.2 Å². The van der Waals surface area contributed by atoms with Gasteiger partial charge in [0, 0.05) is 17.1 Å². The summed E-state index contributed by atoms with van der Waals surface area (Å²) in [5.74, 6) is 7.96. The van der Waals surface area contributed by atoms with E-state index < -0.39 is 0 Å². The highest BCUT2D eigenvalue weighted by molar-refractivity contribution is 7.99. The van der Waals surface area contributed by atoms with Crippen molar-refractivity contribution in [3.8, 4) is 17.6 Å². The molecule has 0 aliphatic heterocycles. The molecular formula is C15H19NO3S. The predicted octanol–water partition coefficient (Wildman–Crippen LogP) is 1.67. The molecule has 1 aromatic carbocycles. The zero-order valence-electron chi connectivity index (χ0n) is 11.6. The van der Waals surface area contributed by atoms with Crippen molar-refractivity contribution in [3.63, 3.8) is 0 Å². The molecule has 20 heavy (non-hydrogen) atoms. The highest BCUT2D eigenvalue weighted by atomic mass is 32.2. The molecule has 0 aromatic heterocycles. The minimum Gasteiger partial charge on any atom is -0.493 e. The lowest BCUT2D eigenvalue weighted by molar-refractivity contribution is -0.140. The van der Waals surface area contributed by atoms with Crippen LogP contribution in [0.1, 0.15) is 12.0 Å². The summed E-state index contributed by atoms with van der Waals surface area (Å²) in [5.41, 5.74) is 6.23. The number of ether oxygens (including phenoxy) is 2. The minimum atomic E-state index is -0.176. The van der Waals surface area contributed by atoms with Crippen LogP contribution in [0.25, 0.3) is 0 Å². The Morgan fingerprint density at radius 2 is 2.25 bits per heavy atom. The second-order valence-corrected chi connectivity index (χ2v) is 5.05. The normalized spacial score (nSPS) is 9.50. The average Bonchev–Trinajstić information content (AvgIpc) is 2.48. The Labute approximate surface area is 124 Å². The first-order chi connectivity index (χ1) is 9.76. The van der Waals surface area contributed by atoms with Gasteiger partial charge >= 0.3 is 5.97 Å². The second-order valence-electron chi connectivity index (χ2n) is 3.82. The first-order valence-corrected chi connectivity index (χ1v) is 7.48. The zero-order chi connectivity index (χ0) is 14.6. The lowest BCUT2D eigenvalue weighted by atomic mass is 10.2. The van der Waals surface area contributed by atoms with Crippen molar-refractivity contribution >= 4 is 17.7 Å². The fraction of sp³-hybridized carbons (Fsp3) is 0.400. The van der Waals surface area contributed by atoms with Gasteiger partial charge in [-0.15, -0.1) is 0 Å². The van der Waals surface area contributed by atoms with Crippen molar-refractivity contribution in [1.29, 1.82) is 0 Å². The number of nitrogens with two attached hydrogens (primary N) is 1. The van der Waals surface area contributed by atoms with Crippen LogP contribution in [-0.4, -0.2) is 37.7 Å². The standard InChI is InChI=1S/C15H19NO3S/c1-18-15(17)7-10-20-11-9-19-14-6-2-4-13(12-14)5-3-8-16/h2,4,6,12H,7-11,16H2,1H3. The van der Waals surface area contributed by atoms with Gasteiger partial charge in [-0.1, -0.05) is 17.9 Å². The van der Waals surface area contributed by atoms with E-state index in [0.717, 1.165) is 22.8 Å². The summed E-state index contributed by atoms with van der Waals surface area (Å²) in [6.45, 7) is 0.946. The summed E-state index contributed by atoms with van der Waals surface area (Å²) in [6.07, 6.45) is 0.436. The molecule has 1 rings (SSSR count). The Kier molecular flexibility index (Phi) is 8.36. The Morgan fingerprint density at radius 3 is 3.00 bits per heavy atom. The SMILES string of the molecule is COC(=O)CCSCCOc1cccc(C#CCN)c1. The molecule has 0 aliphatic carbocycles. The third kappa shape index (κ3) is 7.07. The third-order valence-corrected chi connectivity index (χ3v) is 3.29. The molecule has 0 radical (unpaired) electrons. The molecule has 0 heterocycles. The molecule has 0 spiro atoms. The lowest BCUT2D eigenvalue weighted by Gasteiger charge is -2.06. The van der Waals surface area contributed by atoms with Gasteiger partial charge in [0.25, 0.3) is 0 Å². The van der Waals surface area contributed by atoms with Crippen LogP contribution in [0.3, 0.4) is 0 Å². The Hall–Kier alpha value is -1.64. The summed E-state index contributed by atoms with van der Waals surface area (Å²) < 4.78 is 10.2. The number of hydrogen-bond donors (Lipinski definition) is 1. The van der Waals surface area contributed by atoms with E-state index in [1.54, 1.807) is 11.8 Å². The van der Waals surface area contributed by atoms with Gasteiger partial charge in [-0.25, -0.2) is 0 Å². The number of methoxy groups -OCH3 is 1. The molecule has 0 saturated carbocycles. The summed E-state index contributed by atoms with van der Waals surface area (Å²) in [7, 11) is 1.40. The molecule has 0 saturated heterocycles. The third-order valence-electron chi connectivity index (χ3n) is 2.34. The Bertz CT molecular complexity index is 479. The van der Waals surface area contributed by atoms with Crippen molar-refractivity contribution in [3.05, 3.63) is 29.8 Å². The maximum absolute atomic E-state index is 10.9. The lowest BCUT2D eigenvalue weighted by Crippen LogP contribution is -2.04. The van der Waals surface area contributed by atoms with Crippen molar-refractivity contribution in [2.75, 3.05) is 31.8 Å². The highest BCUT2D eigenvalue weighted by Crippen LogP contribution is 2.13. The van der Waals surface area contributed by atoms with Gasteiger partial charge in [-0.3, -0.25) is 4.79 Å². The minimum absolute atomic E-state index is 0.176. The molecule has 5 heteroatoms. The molecule has 0 amide bonds.